The predicted octanol–water partition coefficient (Wildman–Crippen LogP) is 1.72. The Hall–Kier alpha value is -2.61. The molecule has 2 aromatic rings. The Bertz CT molecular complexity index is 802. The fourth-order valence-corrected chi connectivity index (χ4v) is 3.58. The molecular formula is C16H19N3O4S. The third kappa shape index (κ3) is 4.45. The van der Waals surface area contributed by atoms with Crippen molar-refractivity contribution in [2.45, 2.75) is 11.8 Å². The van der Waals surface area contributed by atoms with Gasteiger partial charge in [0.15, 0.2) is 9.84 Å². The average Bonchev–Trinajstić information content (AvgIpc) is 2.56. The Morgan fingerprint density at radius 1 is 1.25 bits per heavy atom. The van der Waals surface area contributed by atoms with Crippen LogP contribution in [-0.2, 0) is 14.6 Å². The summed E-state index contributed by atoms with van der Waals surface area (Å²) in [7, 11) is -2.08. The first kappa shape index (κ1) is 17.7. The highest BCUT2D eigenvalue weighted by Crippen LogP contribution is 2.19. The van der Waals surface area contributed by atoms with Crippen molar-refractivity contribution in [2.75, 3.05) is 23.9 Å². The lowest BCUT2D eigenvalue weighted by atomic mass is 10.2. The molecule has 0 aliphatic heterocycles. The molecule has 0 radical (unpaired) electrons. The number of benzene rings is 1. The number of carbonyl (C=O) groups excluding carboxylic acids is 1. The quantitative estimate of drug-likeness (QED) is 0.821. The van der Waals surface area contributed by atoms with Crippen molar-refractivity contribution in [1.82, 2.24) is 4.98 Å². The molecule has 2 rings (SSSR count). The molecule has 0 bridgehead atoms. The van der Waals surface area contributed by atoms with Gasteiger partial charge in [-0.05, 0) is 36.4 Å². The molecule has 0 aliphatic carbocycles. The number of ether oxygens (including phenoxy) is 1. The van der Waals surface area contributed by atoms with Gasteiger partial charge >= 0.3 is 0 Å². The fraction of sp³-hybridized carbons (Fsp3) is 0.250. The average molecular weight is 349 g/mol. The van der Waals surface area contributed by atoms with Crippen molar-refractivity contribution >= 4 is 27.2 Å². The number of nitrogens with two attached hydrogens (primary N) is 1. The number of hydrogen-bond acceptors (Lipinski definition) is 6. The van der Waals surface area contributed by atoms with Crippen molar-refractivity contribution in [3.8, 4) is 5.75 Å². The highest BCUT2D eigenvalue weighted by atomic mass is 32.2. The molecule has 0 fully saturated rings. The molecule has 0 saturated carbocycles. The number of aromatic nitrogens is 1. The Kier molecular flexibility index (Phi) is 5.40. The minimum atomic E-state index is -3.58. The van der Waals surface area contributed by atoms with E-state index in [4.69, 9.17) is 10.5 Å². The fourth-order valence-electron chi connectivity index (χ4n) is 2.03. The number of pyridine rings is 1. The van der Waals surface area contributed by atoms with Crippen molar-refractivity contribution in [3.05, 3.63) is 42.6 Å². The number of rotatable bonds is 6. The van der Waals surface area contributed by atoms with Gasteiger partial charge in [0, 0.05) is 5.92 Å². The molecule has 1 amide bonds. The van der Waals surface area contributed by atoms with E-state index in [1.54, 1.807) is 31.2 Å². The summed E-state index contributed by atoms with van der Waals surface area (Å²) < 4.78 is 29.8. The minimum Gasteiger partial charge on any atom is -0.497 e. The molecular weight excluding hydrogens is 330 g/mol. The van der Waals surface area contributed by atoms with E-state index in [1.807, 2.05) is 0 Å². The van der Waals surface area contributed by atoms with Gasteiger partial charge in [-0.1, -0.05) is 6.92 Å². The highest BCUT2D eigenvalue weighted by molar-refractivity contribution is 7.91. The van der Waals surface area contributed by atoms with Gasteiger partial charge in [-0.3, -0.25) is 4.79 Å². The number of anilines is 2. The van der Waals surface area contributed by atoms with Crippen LogP contribution in [0.4, 0.5) is 11.5 Å². The zero-order valence-corrected chi connectivity index (χ0v) is 14.2. The molecule has 24 heavy (non-hydrogen) atoms. The van der Waals surface area contributed by atoms with Gasteiger partial charge < -0.3 is 15.8 Å². The number of amides is 1. The zero-order chi connectivity index (χ0) is 17.7. The van der Waals surface area contributed by atoms with Crippen molar-refractivity contribution in [2.24, 2.45) is 5.92 Å². The molecule has 8 heteroatoms. The Morgan fingerprint density at radius 3 is 2.46 bits per heavy atom. The molecule has 1 aromatic heterocycles. The molecule has 1 unspecified atom stereocenters. The first-order valence-corrected chi connectivity index (χ1v) is 8.86. The smallest absolute Gasteiger partial charge is 0.228 e. The van der Waals surface area contributed by atoms with E-state index in [9.17, 15) is 13.2 Å². The lowest BCUT2D eigenvalue weighted by Crippen LogP contribution is -2.27. The van der Waals surface area contributed by atoms with Crippen LogP contribution in [0.2, 0.25) is 0 Å². The van der Waals surface area contributed by atoms with Gasteiger partial charge in [-0.2, -0.15) is 0 Å². The van der Waals surface area contributed by atoms with Gasteiger partial charge in [0.2, 0.25) is 5.91 Å². The van der Waals surface area contributed by atoms with Crippen LogP contribution in [-0.4, -0.2) is 32.2 Å². The van der Waals surface area contributed by atoms with Gasteiger partial charge in [0.05, 0.1) is 29.6 Å². The third-order valence-corrected chi connectivity index (χ3v) is 5.32. The first-order chi connectivity index (χ1) is 11.3. The van der Waals surface area contributed by atoms with E-state index in [2.05, 4.69) is 10.3 Å². The van der Waals surface area contributed by atoms with Gasteiger partial charge in [-0.25, -0.2) is 13.4 Å². The number of sulfone groups is 1. The van der Waals surface area contributed by atoms with Crippen LogP contribution in [0.5, 0.6) is 5.75 Å². The summed E-state index contributed by atoms with van der Waals surface area (Å²) in [5.41, 5.74) is 5.93. The molecule has 1 atom stereocenters. The molecule has 1 heterocycles. The summed E-state index contributed by atoms with van der Waals surface area (Å²) in [5, 5.41) is 2.62. The van der Waals surface area contributed by atoms with E-state index in [-0.39, 0.29) is 10.6 Å². The number of nitrogen functional groups attached to an aromatic ring is 1. The van der Waals surface area contributed by atoms with Gasteiger partial charge in [0.25, 0.3) is 0 Å². The molecule has 1 aromatic carbocycles. The van der Waals surface area contributed by atoms with Crippen LogP contribution in [0.1, 0.15) is 6.92 Å². The second kappa shape index (κ2) is 7.31. The Balaban J connectivity index is 2.04. The molecule has 3 N–H and O–H groups in total. The molecule has 128 valence electrons. The number of hydrogen-bond donors (Lipinski definition) is 2. The summed E-state index contributed by atoms with van der Waals surface area (Å²) in [6, 6.07) is 9.21. The maximum Gasteiger partial charge on any atom is 0.228 e. The maximum atomic E-state index is 12.4. The van der Waals surface area contributed by atoms with E-state index < -0.39 is 21.7 Å². The molecule has 0 saturated heterocycles. The van der Waals surface area contributed by atoms with Gasteiger partial charge in [-0.15, -0.1) is 0 Å². The van der Waals surface area contributed by atoms with Crippen molar-refractivity contribution < 1.29 is 17.9 Å². The van der Waals surface area contributed by atoms with Crippen LogP contribution < -0.4 is 15.8 Å². The topological polar surface area (TPSA) is 111 Å². The molecule has 0 spiro atoms. The number of nitrogens with one attached hydrogen (secondary N) is 1. The van der Waals surface area contributed by atoms with Gasteiger partial charge in [0.1, 0.15) is 11.6 Å². The second-order valence-corrected chi connectivity index (χ2v) is 7.35. The maximum absolute atomic E-state index is 12.4. The van der Waals surface area contributed by atoms with E-state index >= 15 is 0 Å². The van der Waals surface area contributed by atoms with E-state index in [1.165, 1.54) is 25.4 Å². The first-order valence-electron chi connectivity index (χ1n) is 7.21. The van der Waals surface area contributed by atoms with Crippen LogP contribution >= 0.6 is 0 Å². The molecule has 7 nitrogen and oxygen atoms in total. The summed E-state index contributed by atoms with van der Waals surface area (Å²) in [5.74, 6) is -0.528. The second-order valence-electron chi connectivity index (χ2n) is 5.32. The zero-order valence-electron chi connectivity index (χ0n) is 13.4. The van der Waals surface area contributed by atoms with E-state index in [0.717, 1.165) is 0 Å². The Labute approximate surface area is 140 Å². The summed E-state index contributed by atoms with van der Waals surface area (Å²) in [4.78, 5) is 16.2. The highest BCUT2D eigenvalue weighted by Gasteiger charge is 2.23. The lowest BCUT2D eigenvalue weighted by molar-refractivity contribution is -0.118. The van der Waals surface area contributed by atoms with E-state index in [0.29, 0.717) is 17.3 Å². The summed E-state index contributed by atoms with van der Waals surface area (Å²) in [6.45, 7) is 1.56. The summed E-state index contributed by atoms with van der Waals surface area (Å²) >= 11 is 0. The summed E-state index contributed by atoms with van der Waals surface area (Å²) in [6.07, 6.45) is 1.41. The van der Waals surface area contributed by atoms with Crippen molar-refractivity contribution in [1.29, 1.82) is 0 Å². The number of carbonyl (C=O) groups is 1. The monoisotopic (exact) mass is 349 g/mol. The number of nitrogens with zero attached hydrogens (tertiary/aromatic N) is 1. The SMILES string of the molecule is COc1ccc(S(=O)(=O)CC(C)C(=O)Nc2ccc(N)nc2)cc1. The minimum absolute atomic E-state index is 0.150. The largest absolute Gasteiger partial charge is 0.497 e. The van der Waals surface area contributed by atoms with Crippen LogP contribution in [0.3, 0.4) is 0 Å². The molecule has 0 aliphatic rings. The third-order valence-electron chi connectivity index (χ3n) is 3.39. The number of methoxy groups -OCH3 is 1. The standard InChI is InChI=1S/C16H19N3O4S/c1-11(16(20)19-12-3-8-15(17)18-9-12)10-24(21,22)14-6-4-13(23-2)5-7-14/h3-9,11H,10H2,1-2H3,(H2,17,18)(H,19,20). The Morgan fingerprint density at radius 2 is 1.92 bits per heavy atom. The predicted molar refractivity (Wildman–Crippen MR) is 91.5 cm³/mol. The van der Waals surface area contributed by atoms with Crippen molar-refractivity contribution in [3.63, 3.8) is 0 Å². The normalized spacial score (nSPS) is 12.4. The lowest BCUT2D eigenvalue weighted by Gasteiger charge is -2.13. The van der Waals surface area contributed by atoms with Crippen LogP contribution in [0.15, 0.2) is 47.5 Å². The van der Waals surface area contributed by atoms with Crippen LogP contribution in [0.25, 0.3) is 0 Å². The van der Waals surface area contributed by atoms with Crippen LogP contribution in [0, 0.1) is 5.92 Å².